The van der Waals surface area contributed by atoms with Crippen molar-refractivity contribution in [1.29, 1.82) is 0 Å². The molecule has 0 aliphatic rings. The summed E-state index contributed by atoms with van der Waals surface area (Å²) in [7, 11) is 0. The first-order valence-corrected chi connectivity index (χ1v) is 14.8. The lowest BCUT2D eigenvalue weighted by Gasteiger charge is -2.12. The summed E-state index contributed by atoms with van der Waals surface area (Å²) in [6.45, 7) is 0. The molecule has 5 heteroatoms. The Bertz CT molecular complexity index is 2490. The van der Waals surface area contributed by atoms with Gasteiger partial charge in [0.25, 0.3) is 0 Å². The van der Waals surface area contributed by atoms with Crippen molar-refractivity contribution in [2.45, 2.75) is 0 Å². The molecule has 0 spiro atoms. The van der Waals surface area contributed by atoms with Gasteiger partial charge in [0.05, 0.1) is 0 Å². The van der Waals surface area contributed by atoms with Gasteiger partial charge in [-0.05, 0) is 68.7 Å². The topological polar surface area (TPSA) is 51.8 Å². The van der Waals surface area contributed by atoms with Gasteiger partial charge in [-0.2, -0.15) is 0 Å². The van der Waals surface area contributed by atoms with Gasteiger partial charge in [0.2, 0.25) is 0 Å². The van der Waals surface area contributed by atoms with Crippen LogP contribution in [0.3, 0.4) is 0 Å². The number of benzene rings is 7. The van der Waals surface area contributed by atoms with Gasteiger partial charge in [0.1, 0.15) is 11.2 Å². The average Bonchev–Trinajstić information content (AvgIpc) is 3.46. The van der Waals surface area contributed by atoms with Gasteiger partial charge in [-0.1, -0.05) is 109 Å². The van der Waals surface area contributed by atoms with Gasteiger partial charge in [-0.25, -0.2) is 15.0 Å². The van der Waals surface area contributed by atoms with Crippen LogP contribution in [-0.4, -0.2) is 15.0 Å². The molecule has 0 aliphatic heterocycles. The Morgan fingerprint density at radius 2 is 1.02 bits per heavy atom. The number of halogens is 1. The minimum absolute atomic E-state index is 0.570. The van der Waals surface area contributed by atoms with Crippen LogP contribution in [0.5, 0.6) is 0 Å². The van der Waals surface area contributed by atoms with E-state index in [9.17, 15) is 0 Å². The summed E-state index contributed by atoms with van der Waals surface area (Å²) in [5.41, 5.74) is 4.29. The van der Waals surface area contributed by atoms with Crippen LogP contribution in [0.15, 0.2) is 138 Å². The molecule has 0 amide bonds. The first kappa shape index (κ1) is 25.0. The highest BCUT2D eigenvalue weighted by atomic mass is 35.5. The zero-order valence-electron chi connectivity index (χ0n) is 23.3. The van der Waals surface area contributed by atoms with Gasteiger partial charge in [0, 0.05) is 32.5 Å². The summed E-state index contributed by atoms with van der Waals surface area (Å²) >= 11 is 6.57. The highest BCUT2D eigenvalue weighted by molar-refractivity contribution is 6.32. The third-order valence-corrected chi connectivity index (χ3v) is 8.57. The Balaban J connectivity index is 1.34. The van der Waals surface area contributed by atoms with E-state index in [4.69, 9.17) is 31.0 Å². The van der Waals surface area contributed by atoms with Crippen LogP contribution in [0, 0.1) is 0 Å². The monoisotopic (exact) mass is 583 g/mol. The van der Waals surface area contributed by atoms with Gasteiger partial charge in [-0.15, -0.1) is 0 Å². The summed E-state index contributed by atoms with van der Waals surface area (Å²) in [5.74, 6) is 1.78. The molecule has 9 aromatic rings. The minimum atomic E-state index is 0.570. The van der Waals surface area contributed by atoms with E-state index in [0.717, 1.165) is 60.2 Å². The van der Waals surface area contributed by atoms with Crippen molar-refractivity contribution in [1.82, 2.24) is 15.0 Å². The van der Waals surface area contributed by atoms with Crippen molar-refractivity contribution in [2.75, 3.05) is 0 Å². The van der Waals surface area contributed by atoms with E-state index in [1.165, 1.54) is 10.8 Å². The van der Waals surface area contributed by atoms with Gasteiger partial charge in [0.15, 0.2) is 17.5 Å². The van der Waals surface area contributed by atoms with Crippen LogP contribution >= 0.6 is 11.6 Å². The second kappa shape index (κ2) is 9.73. The molecular formula is C39H22ClN3O. The molecule has 0 saturated heterocycles. The Morgan fingerprint density at radius 1 is 0.432 bits per heavy atom. The van der Waals surface area contributed by atoms with Gasteiger partial charge < -0.3 is 4.42 Å². The zero-order chi connectivity index (χ0) is 29.2. The lowest BCUT2D eigenvalue weighted by atomic mass is 9.98. The number of furan rings is 1. The maximum Gasteiger partial charge on any atom is 0.164 e. The lowest BCUT2D eigenvalue weighted by Crippen LogP contribution is -2.01. The van der Waals surface area contributed by atoms with Crippen LogP contribution in [0.1, 0.15) is 0 Å². The van der Waals surface area contributed by atoms with Crippen LogP contribution in [0.25, 0.3) is 88.4 Å². The fourth-order valence-corrected chi connectivity index (χ4v) is 6.38. The summed E-state index contributed by atoms with van der Waals surface area (Å²) in [6, 6.07) is 45.4. The molecule has 0 fully saturated rings. The summed E-state index contributed by atoms with van der Waals surface area (Å²) in [5, 5.41) is 9.31. The van der Waals surface area contributed by atoms with Crippen LogP contribution < -0.4 is 0 Å². The fourth-order valence-electron chi connectivity index (χ4n) is 6.21. The molecule has 0 atom stereocenters. The summed E-state index contributed by atoms with van der Waals surface area (Å²) in [6.07, 6.45) is 0. The maximum atomic E-state index is 6.57. The number of rotatable bonds is 3. The second-order valence-electron chi connectivity index (χ2n) is 11.0. The van der Waals surface area contributed by atoms with Gasteiger partial charge >= 0.3 is 0 Å². The van der Waals surface area contributed by atoms with Crippen LogP contribution in [0.4, 0.5) is 0 Å². The smallest absolute Gasteiger partial charge is 0.164 e. The van der Waals surface area contributed by atoms with E-state index in [1.54, 1.807) is 0 Å². The van der Waals surface area contributed by atoms with Crippen molar-refractivity contribution in [3.05, 3.63) is 138 Å². The quantitative estimate of drug-likeness (QED) is 0.207. The molecule has 0 N–H and O–H groups in total. The van der Waals surface area contributed by atoms with E-state index in [0.29, 0.717) is 22.5 Å². The van der Waals surface area contributed by atoms with E-state index in [1.807, 2.05) is 60.7 Å². The van der Waals surface area contributed by atoms with Crippen molar-refractivity contribution in [2.24, 2.45) is 0 Å². The standard InChI is InChI=1S/C39H22ClN3O/c40-29-17-18-30-32(21-29)36-31-11-5-6-12-34(31)44-35(36)22-33(30)39-42-37(27-15-13-23-7-1-3-9-25(23)19-27)41-38(43-39)28-16-14-24-8-2-4-10-26(24)20-28/h1-22H. The Morgan fingerprint density at radius 3 is 1.70 bits per heavy atom. The molecule has 44 heavy (non-hydrogen) atoms. The first-order valence-electron chi connectivity index (χ1n) is 14.5. The number of para-hydroxylation sites is 1. The van der Waals surface area contributed by atoms with Crippen molar-refractivity contribution in [3.8, 4) is 34.2 Å². The molecule has 0 bridgehead atoms. The molecule has 9 rings (SSSR count). The fraction of sp³-hybridized carbons (Fsp3) is 0. The molecule has 0 aliphatic carbocycles. The van der Waals surface area contributed by atoms with E-state index in [2.05, 4.69) is 72.8 Å². The molecule has 2 heterocycles. The van der Waals surface area contributed by atoms with Crippen LogP contribution in [0.2, 0.25) is 5.02 Å². The molecule has 4 nitrogen and oxygen atoms in total. The largest absolute Gasteiger partial charge is 0.456 e. The van der Waals surface area contributed by atoms with Crippen molar-refractivity contribution < 1.29 is 4.42 Å². The normalized spacial score (nSPS) is 11.8. The zero-order valence-corrected chi connectivity index (χ0v) is 24.1. The Kier molecular flexibility index (Phi) is 5.52. The van der Waals surface area contributed by atoms with Crippen molar-refractivity contribution >= 4 is 65.9 Å². The molecule has 206 valence electrons. The highest BCUT2D eigenvalue weighted by Crippen LogP contribution is 2.41. The van der Waals surface area contributed by atoms with E-state index in [-0.39, 0.29) is 0 Å². The van der Waals surface area contributed by atoms with Crippen molar-refractivity contribution in [3.63, 3.8) is 0 Å². The Hall–Kier alpha value is -5.58. The highest BCUT2D eigenvalue weighted by Gasteiger charge is 2.19. The number of nitrogens with zero attached hydrogens (tertiary/aromatic N) is 3. The van der Waals surface area contributed by atoms with Gasteiger partial charge in [-0.3, -0.25) is 0 Å². The molecule has 7 aromatic carbocycles. The second-order valence-corrected chi connectivity index (χ2v) is 11.5. The number of hydrogen-bond acceptors (Lipinski definition) is 4. The molecule has 0 radical (unpaired) electrons. The Labute approximate surface area is 257 Å². The summed E-state index contributed by atoms with van der Waals surface area (Å²) in [4.78, 5) is 15.2. The first-order chi connectivity index (χ1) is 21.7. The molecular weight excluding hydrogens is 562 g/mol. The third-order valence-electron chi connectivity index (χ3n) is 8.33. The predicted molar refractivity (Wildman–Crippen MR) is 181 cm³/mol. The average molecular weight is 584 g/mol. The minimum Gasteiger partial charge on any atom is -0.456 e. The number of hydrogen-bond donors (Lipinski definition) is 0. The third kappa shape index (κ3) is 4.03. The molecule has 0 saturated carbocycles. The number of fused-ring (bicyclic) bond motifs is 7. The molecule has 2 aromatic heterocycles. The predicted octanol–water partition coefficient (Wildman–Crippen LogP) is 10.9. The van der Waals surface area contributed by atoms with E-state index < -0.39 is 0 Å². The number of aromatic nitrogens is 3. The summed E-state index contributed by atoms with van der Waals surface area (Å²) < 4.78 is 6.37. The lowest BCUT2D eigenvalue weighted by molar-refractivity contribution is 0.669. The molecule has 0 unspecified atom stereocenters. The van der Waals surface area contributed by atoms with Crippen LogP contribution in [-0.2, 0) is 0 Å². The van der Waals surface area contributed by atoms with E-state index >= 15 is 0 Å². The maximum absolute atomic E-state index is 6.57. The SMILES string of the molecule is Clc1ccc2c(-c3nc(-c4ccc5ccccc5c4)nc(-c4ccc5ccccc5c4)n3)cc3oc4ccccc4c3c2c1.